The number of amides is 3. The van der Waals surface area contributed by atoms with Crippen LogP contribution in [0.25, 0.3) is 0 Å². The summed E-state index contributed by atoms with van der Waals surface area (Å²) >= 11 is 0. The number of benzene rings is 2. The lowest BCUT2D eigenvalue weighted by molar-refractivity contribution is -0.123. The molecule has 1 aliphatic heterocycles. The number of primary sulfonamides is 1. The summed E-state index contributed by atoms with van der Waals surface area (Å²) in [6.07, 6.45) is -0.284. The summed E-state index contributed by atoms with van der Waals surface area (Å²) in [5.41, 5.74) is -0.946. The Morgan fingerprint density at radius 3 is 2.19 bits per heavy atom. The highest BCUT2D eigenvalue weighted by molar-refractivity contribution is 7.89. The number of hydrogen-bond acceptors (Lipinski definition) is 5. The molecule has 0 spiro atoms. The maximum absolute atomic E-state index is 14.3. The molecule has 0 aliphatic carbocycles. The van der Waals surface area contributed by atoms with E-state index in [0.717, 1.165) is 11.0 Å². The molecule has 0 bridgehead atoms. The number of nitrogens with two attached hydrogens (primary N) is 1. The number of nitrogens with zero attached hydrogens (tertiary/aromatic N) is 2. The van der Waals surface area contributed by atoms with Crippen molar-refractivity contribution < 1.29 is 27.2 Å². The van der Waals surface area contributed by atoms with E-state index in [1.165, 1.54) is 47.4 Å². The highest BCUT2D eigenvalue weighted by atomic mass is 32.2. The van der Waals surface area contributed by atoms with Crippen molar-refractivity contribution in [3.05, 3.63) is 59.9 Å². The number of hydrogen-bond donors (Lipinski definition) is 1. The highest BCUT2D eigenvalue weighted by Crippen LogP contribution is 2.31. The molecule has 8 nitrogen and oxygen atoms in total. The average Bonchev–Trinajstić information content (AvgIpc) is 2.94. The number of halogens is 1. The van der Waals surface area contributed by atoms with Gasteiger partial charge in [0.1, 0.15) is 11.9 Å². The van der Waals surface area contributed by atoms with Crippen molar-refractivity contribution in [2.24, 2.45) is 5.14 Å². The van der Waals surface area contributed by atoms with Gasteiger partial charge in [0, 0.05) is 5.54 Å². The molecule has 3 amide bonds. The minimum absolute atomic E-state index is 0.150. The molecule has 1 saturated heterocycles. The second-order valence-corrected chi connectivity index (χ2v) is 9.71. The fourth-order valence-corrected chi connectivity index (χ4v) is 4.07. The Balaban J connectivity index is 1.98. The first-order valence-corrected chi connectivity index (χ1v) is 10.9. The minimum Gasteiger partial charge on any atom is -0.321 e. The summed E-state index contributed by atoms with van der Waals surface area (Å²) in [7, 11) is -3.94. The van der Waals surface area contributed by atoms with Crippen LogP contribution in [-0.2, 0) is 19.6 Å². The number of sulfonamides is 1. The summed E-state index contributed by atoms with van der Waals surface area (Å²) in [5.74, 6) is -2.65. The van der Waals surface area contributed by atoms with E-state index < -0.39 is 45.1 Å². The molecule has 0 saturated carbocycles. The molecular weight excluding hydrogens is 425 g/mol. The number of carbonyl (C=O) groups is 3. The molecule has 164 valence electrons. The SMILES string of the molecule is CC(C)(C)N(C(=O)c1ccccc1F)C1CC(=O)N(c2ccc(S(N)(=O)=O)cc2)C1=O. The van der Waals surface area contributed by atoms with E-state index in [-0.39, 0.29) is 22.6 Å². The van der Waals surface area contributed by atoms with Crippen molar-refractivity contribution in [3.8, 4) is 0 Å². The number of carbonyl (C=O) groups excluding carboxylic acids is 3. The Morgan fingerprint density at radius 2 is 1.68 bits per heavy atom. The zero-order chi connectivity index (χ0) is 23.1. The molecule has 1 atom stereocenters. The molecule has 3 rings (SSSR count). The van der Waals surface area contributed by atoms with Crippen LogP contribution in [0.3, 0.4) is 0 Å². The predicted octanol–water partition coefficient (Wildman–Crippen LogP) is 2.05. The van der Waals surface area contributed by atoms with Crippen LogP contribution in [0.5, 0.6) is 0 Å². The van der Waals surface area contributed by atoms with Gasteiger partial charge in [0.25, 0.3) is 11.8 Å². The van der Waals surface area contributed by atoms with Gasteiger partial charge in [-0.3, -0.25) is 14.4 Å². The van der Waals surface area contributed by atoms with Crippen LogP contribution in [0.1, 0.15) is 37.6 Å². The quantitative estimate of drug-likeness (QED) is 0.720. The topological polar surface area (TPSA) is 118 Å². The number of rotatable bonds is 4. The molecule has 1 aliphatic rings. The van der Waals surface area contributed by atoms with E-state index in [1.54, 1.807) is 20.8 Å². The molecule has 2 aromatic rings. The molecule has 1 fully saturated rings. The van der Waals surface area contributed by atoms with Crippen LogP contribution in [0.15, 0.2) is 53.4 Å². The first-order valence-electron chi connectivity index (χ1n) is 9.40. The van der Waals surface area contributed by atoms with Gasteiger partial charge in [-0.1, -0.05) is 12.1 Å². The third kappa shape index (κ3) is 4.35. The normalized spacial score (nSPS) is 17.2. The van der Waals surface area contributed by atoms with E-state index in [1.807, 2.05) is 0 Å². The first kappa shape index (κ1) is 22.6. The summed E-state index contributed by atoms with van der Waals surface area (Å²) in [6, 6.07) is 9.24. The van der Waals surface area contributed by atoms with Gasteiger partial charge < -0.3 is 4.90 Å². The van der Waals surface area contributed by atoms with Gasteiger partial charge in [-0.15, -0.1) is 0 Å². The van der Waals surface area contributed by atoms with Crippen molar-refractivity contribution in [3.63, 3.8) is 0 Å². The molecule has 31 heavy (non-hydrogen) atoms. The monoisotopic (exact) mass is 447 g/mol. The van der Waals surface area contributed by atoms with Crippen LogP contribution in [0, 0.1) is 5.82 Å². The maximum Gasteiger partial charge on any atom is 0.257 e. The van der Waals surface area contributed by atoms with Crippen LogP contribution in [0.2, 0.25) is 0 Å². The smallest absolute Gasteiger partial charge is 0.257 e. The van der Waals surface area contributed by atoms with Crippen molar-refractivity contribution >= 4 is 33.4 Å². The summed E-state index contributed by atoms with van der Waals surface area (Å²) < 4.78 is 37.1. The summed E-state index contributed by atoms with van der Waals surface area (Å²) in [6.45, 7) is 5.06. The molecule has 2 N–H and O–H groups in total. The van der Waals surface area contributed by atoms with E-state index in [0.29, 0.717) is 0 Å². The fraction of sp³-hybridized carbons (Fsp3) is 0.286. The van der Waals surface area contributed by atoms with Gasteiger partial charge in [-0.25, -0.2) is 22.8 Å². The van der Waals surface area contributed by atoms with E-state index >= 15 is 0 Å². The standard InChI is InChI=1S/C21H22FN3O5S/c1-21(2,3)25(19(27)15-6-4-5-7-16(15)22)17-12-18(26)24(20(17)28)13-8-10-14(11-9-13)31(23,29)30/h4-11,17H,12H2,1-3H3,(H2,23,29,30). The Morgan fingerprint density at radius 1 is 1.10 bits per heavy atom. The first-order chi connectivity index (χ1) is 14.3. The van der Waals surface area contributed by atoms with E-state index in [2.05, 4.69) is 0 Å². The van der Waals surface area contributed by atoms with Crippen molar-refractivity contribution in [1.29, 1.82) is 0 Å². The largest absolute Gasteiger partial charge is 0.321 e. The Hall–Kier alpha value is -3.11. The lowest BCUT2D eigenvalue weighted by atomic mass is 9.99. The Kier molecular flexibility index (Phi) is 5.72. The summed E-state index contributed by atoms with van der Waals surface area (Å²) in [5, 5.41) is 5.08. The lowest BCUT2D eigenvalue weighted by Crippen LogP contribution is -2.54. The number of anilines is 1. The minimum atomic E-state index is -3.94. The second-order valence-electron chi connectivity index (χ2n) is 8.15. The lowest BCUT2D eigenvalue weighted by Gasteiger charge is -2.39. The summed E-state index contributed by atoms with van der Waals surface area (Å²) in [4.78, 5) is 41.0. The van der Waals surface area contributed by atoms with Crippen LogP contribution < -0.4 is 10.0 Å². The molecule has 10 heteroatoms. The van der Waals surface area contributed by atoms with Crippen molar-refractivity contribution in [2.75, 3.05) is 4.90 Å². The van der Waals surface area contributed by atoms with Gasteiger partial charge in [0.2, 0.25) is 15.9 Å². The van der Waals surface area contributed by atoms with Gasteiger partial charge in [-0.2, -0.15) is 0 Å². The second kappa shape index (κ2) is 7.86. The molecular formula is C21H22FN3O5S. The van der Waals surface area contributed by atoms with Crippen molar-refractivity contribution in [2.45, 2.75) is 43.7 Å². The number of imide groups is 1. The van der Waals surface area contributed by atoms with Crippen LogP contribution in [-0.4, -0.2) is 42.6 Å². The third-order valence-electron chi connectivity index (χ3n) is 4.90. The van der Waals surface area contributed by atoms with Gasteiger partial charge in [-0.05, 0) is 57.2 Å². The van der Waals surface area contributed by atoms with Gasteiger partial charge in [0.15, 0.2) is 0 Å². The molecule has 0 radical (unpaired) electrons. The maximum atomic E-state index is 14.3. The van der Waals surface area contributed by atoms with E-state index in [9.17, 15) is 27.2 Å². The van der Waals surface area contributed by atoms with Gasteiger partial charge in [0.05, 0.1) is 22.6 Å². The van der Waals surface area contributed by atoms with Crippen LogP contribution >= 0.6 is 0 Å². The fourth-order valence-electron chi connectivity index (χ4n) is 3.55. The van der Waals surface area contributed by atoms with Gasteiger partial charge >= 0.3 is 0 Å². The van der Waals surface area contributed by atoms with E-state index in [4.69, 9.17) is 5.14 Å². The average molecular weight is 447 g/mol. The van der Waals surface area contributed by atoms with Crippen LogP contribution in [0.4, 0.5) is 10.1 Å². The molecule has 1 heterocycles. The third-order valence-corrected chi connectivity index (χ3v) is 5.83. The Labute approximate surface area is 179 Å². The predicted molar refractivity (Wildman–Crippen MR) is 111 cm³/mol. The highest BCUT2D eigenvalue weighted by Gasteiger charge is 2.48. The Bertz CT molecular complexity index is 1160. The zero-order valence-corrected chi connectivity index (χ0v) is 18.0. The molecule has 2 aromatic carbocycles. The molecule has 0 aromatic heterocycles. The molecule has 1 unspecified atom stereocenters. The van der Waals surface area contributed by atoms with Crippen molar-refractivity contribution in [1.82, 2.24) is 4.90 Å². The zero-order valence-electron chi connectivity index (χ0n) is 17.2.